The zero-order chi connectivity index (χ0) is 21.2. The van der Waals surface area contributed by atoms with Crippen molar-refractivity contribution >= 4 is 27.5 Å². The Morgan fingerprint density at radius 2 is 1.86 bits per heavy atom. The number of halogens is 1. The van der Waals surface area contributed by atoms with E-state index in [2.05, 4.69) is 5.32 Å². The normalized spacial score (nSPS) is 20.5. The average Bonchev–Trinajstić information content (AvgIpc) is 2.65. The number of hydrogen-bond donors (Lipinski definition) is 1. The van der Waals surface area contributed by atoms with E-state index in [-0.39, 0.29) is 18.8 Å². The van der Waals surface area contributed by atoms with Crippen LogP contribution in [0.2, 0.25) is 0 Å². The number of benzene rings is 2. The Kier molecular flexibility index (Phi) is 5.72. The summed E-state index contributed by atoms with van der Waals surface area (Å²) >= 11 is 0. The second-order valence-corrected chi connectivity index (χ2v) is 9.16. The Morgan fingerprint density at radius 1 is 1.17 bits per heavy atom. The predicted molar refractivity (Wildman–Crippen MR) is 107 cm³/mol. The molecule has 1 aliphatic heterocycles. The summed E-state index contributed by atoms with van der Waals surface area (Å²) < 4.78 is 38.9. The molecule has 0 saturated carbocycles. The maximum Gasteiger partial charge on any atom is 0.247 e. The topological polar surface area (TPSA) is 86.8 Å². The quantitative estimate of drug-likeness (QED) is 0.796. The van der Waals surface area contributed by atoms with Gasteiger partial charge in [0, 0.05) is 18.8 Å². The minimum absolute atomic E-state index is 0.195. The van der Waals surface area contributed by atoms with Crippen molar-refractivity contribution in [2.24, 2.45) is 0 Å². The molecule has 3 rings (SSSR count). The van der Waals surface area contributed by atoms with Gasteiger partial charge in [0.1, 0.15) is 11.4 Å². The molecule has 1 saturated heterocycles. The molecule has 9 heteroatoms. The number of amides is 2. The van der Waals surface area contributed by atoms with E-state index in [4.69, 9.17) is 0 Å². The van der Waals surface area contributed by atoms with Crippen molar-refractivity contribution in [1.82, 2.24) is 9.62 Å². The highest BCUT2D eigenvalue weighted by Gasteiger charge is 2.50. The van der Waals surface area contributed by atoms with Gasteiger partial charge in [-0.1, -0.05) is 36.4 Å². The first-order chi connectivity index (χ1) is 13.6. The van der Waals surface area contributed by atoms with E-state index >= 15 is 0 Å². The molecule has 29 heavy (non-hydrogen) atoms. The third-order valence-corrected chi connectivity index (χ3v) is 6.06. The standard InChI is InChI=1S/C20H22FN3O4S/c1-20(19(26)22-12-15-7-4-3-5-8-15)14-23(29(2,27)28)13-18(25)24(20)17-10-6-9-16(21)11-17/h3-11H,12-14H2,1-2H3,(H,22,26). The molecule has 2 aromatic carbocycles. The first-order valence-corrected chi connectivity index (χ1v) is 10.8. The lowest BCUT2D eigenvalue weighted by molar-refractivity contribution is -0.133. The van der Waals surface area contributed by atoms with Gasteiger partial charge < -0.3 is 5.32 Å². The summed E-state index contributed by atoms with van der Waals surface area (Å²) in [5.41, 5.74) is -0.509. The Balaban J connectivity index is 1.96. The molecule has 7 nitrogen and oxygen atoms in total. The highest BCUT2D eigenvalue weighted by atomic mass is 32.2. The Labute approximate surface area is 169 Å². The maximum atomic E-state index is 13.8. The number of sulfonamides is 1. The second-order valence-electron chi connectivity index (χ2n) is 7.18. The number of carbonyl (C=O) groups excluding carboxylic acids is 2. The van der Waals surface area contributed by atoms with Crippen molar-refractivity contribution in [3.63, 3.8) is 0 Å². The van der Waals surface area contributed by atoms with Crippen molar-refractivity contribution < 1.29 is 22.4 Å². The van der Waals surface area contributed by atoms with Crippen LogP contribution in [-0.4, -0.2) is 49.4 Å². The van der Waals surface area contributed by atoms with Crippen LogP contribution >= 0.6 is 0 Å². The molecule has 1 heterocycles. The van der Waals surface area contributed by atoms with E-state index in [1.807, 2.05) is 30.3 Å². The summed E-state index contributed by atoms with van der Waals surface area (Å²) in [6.07, 6.45) is 0.987. The van der Waals surface area contributed by atoms with Gasteiger partial charge in [-0.15, -0.1) is 0 Å². The molecular formula is C20H22FN3O4S. The number of rotatable bonds is 5. The van der Waals surface area contributed by atoms with Crippen LogP contribution in [0.4, 0.5) is 10.1 Å². The predicted octanol–water partition coefficient (Wildman–Crippen LogP) is 1.51. The lowest BCUT2D eigenvalue weighted by atomic mass is 9.94. The third kappa shape index (κ3) is 4.46. The smallest absolute Gasteiger partial charge is 0.247 e. The summed E-state index contributed by atoms with van der Waals surface area (Å²) in [5.74, 6) is -1.70. The van der Waals surface area contributed by atoms with Crippen LogP contribution in [0.5, 0.6) is 0 Å². The van der Waals surface area contributed by atoms with Crippen molar-refractivity contribution in [3.8, 4) is 0 Å². The zero-order valence-electron chi connectivity index (χ0n) is 16.1. The van der Waals surface area contributed by atoms with Gasteiger partial charge in [0.15, 0.2) is 0 Å². The van der Waals surface area contributed by atoms with E-state index in [1.54, 1.807) is 0 Å². The van der Waals surface area contributed by atoms with Crippen molar-refractivity contribution in [2.75, 3.05) is 24.2 Å². The van der Waals surface area contributed by atoms with Gasteiger partial charge in [-0.25, -0.2) is 12.8 Å². The molecule has 2 amide bonds. The molecule has 1 unspecified atom stereocenters. The summed E-state index contributed by atoms with van der Waals surface area (Å²) in [7, 11) is -3.71. The number of nitrogens with zero attached hydrogens (tertiary/aromatic N) is 2. The van der Waals surface area contributed by atoms with Gasteiger partial charge in [0.2, 0.25) is 21.8 Å². The molecule has 1 fully saturated rings. The minimum Gasteiger partial charge on any atom is -0.350 e. The largest absolute Gasteiger partial charge is 0.350 e. The molecule has 1 aliphatic rings. The summed E-state index contributed by atoms with van der Waals surface area (Å²) in [5, 5.41) is 2.77. The lowest BCUT2D eigenvalue weighted by Crippen LogP contribution is -2.70. The molecule has 154 valence electrons. The van der Waals surface area contributed by atoms with Crippen LogP contribution in [0.25, 0.3) is 0 Å². The SMILES string of the molecule is CC1(C(=O)NCc2ccccc2)CN(S(C)(=O)=O)CC(=O)N1c1cccc(F)c1. The Morgan fingerprint density at radius 3 is 2.48 bits per heavy atom. The molecule has 1 atom stereocenters. The number of carbonyl (C=O) groups is 2. The fourth-order valence-electron chi connectivity index (χ4n) is 3.39. The minimum atomic E-state index is -3.71. The molecule has 0 spiro atoms. The van der Waals surface area contributed by atoms with E-state index in [9.17, 15) is 22.4 Å². The highest BCUT2D eigenvalue weighted by molar-refractivity contribution is 7.88. The van der Waals surface area contributed by atoms with Gasteiger partial charge in [0.25, 0.3) is 0 Å². The number of anilines is 1. The number of hydrogen-bond acceptors (Lipinski definition) is 4. The van der Waals surface area contributed by atoms with Gasteiger partial charge in [-0.05, 0) is 30.7 Å². The van der Waals surface area contributed by atoms with Gasteiger partial charge in [-0.2, -0.15) is 4.31 Å². The van der Waals surface area contributed by atoms with Crippen LogP contribution < -0.4 is 10.2 Å². The molecule has 1 N–H and O–H groups in total. The Bertz CT molecular complexity index is 1030. The first kappa shape index (κ1) is 20.9. The summed E-state index contributed by atoms with van der Waals surface area (Å²) in [6, 6.07) is 14.5. The molecule has 0 aromatic heterocycles. The summed E-state index contributed by atoms with van der Waals surface area (Å²) in [6.45, 7) is 1.03. The van der Waals surface area contributed by atoms with Crippen LogP contribution in [0.15, 0.2) is 54.6 Å². The molecule has 0 aliphatic carbocycles. The van der Waals surface area contributed by atoms with Crippen molar-refractivity contribution in [1.29, 1.82) is 0 Å². The van der Waals surface area contributed by atoms with Crippen molar-refractivity contribution in [3.05, 3.63) is 66.0 Å². The average molecular weight is 419 g/mol. The van der Waals surface area contributed by atoms with Gasteiger partial charge in [-0.3, -0.25) is 14.5 Å². The zero-order valence-corrected chi connectivity index (χ0v) is 16.9. The number of nitrogens with one attached hydrogen (secondary N) is 1. The van der Waals surface area contributed by atoms with Crippen LogP contribution in [-0.2, 0) is 26.2 Å². The van der Waals surface area contributed by atoms with E-state index in [1.165, 1.54) is 30.0 Å². The highest BCUT2D eigenvalue weighted by Crippen LogP contribution is 2.31. The lowest BCUT2D eigenvalue weighted by Gasteiger charge is -2.46. The molecular weight excluding hydrogens is 397 g/mol. The fraction of sp³-hybridized carbons (Fsp3) is 0.300. The molecule has 0 bridgehead atoms. The Hall–Kier alpha value is -2.78. The van der Waals surface area contributed by atoms with Gasteiger partial charge in [0.05, 0.1) is 12.8 Å². The fourth-order valence-corrected chi connectivity index (χ4v) is 4.22. The van der Waals surface area contributed by atoms with E-state index in [0.29, 0.717) is 0 Å². The first-order valence-electron chi connectivity index (χ1n) is 8.97. The van der Waals surface area contributed by atoms with Crippen LogP contribution in [0.1, 0.15) is 12.5 Å². The maximum absolute atomic E-state index is 13.8. The number of piperazine rings is 1. The van der Waals surface area contributed by atoms with Crippen molar-refractivity contribution in [2.45, 2.75) is 19.0 Å². The second kappa shape index (κ2) is 7.92. The van der Waals surface area contributed by atoms with Crippen LogP contribution in [0.3, 0.4) is 0 Å². The van der Waals surface area contributed by atoms with Crippen LogP contribution in [0, 0.1) is 5.82 Å². The van der Waals surface area contributed by atoms with Gasteiger partial charge >= 0.3 is 0 Å². The molecule has 0 radical (unpaired) electrons. The van der Waals surface area contributed by atoms with E-state index < -0.39 is 39.7 Å². The monoisotopic (exact) mass is 419 g/mol. The van der Waals surface area contributed by atoms with E-state index in [0.717, 1.165) is 22.2 Å². The molecule has 2 aromatic rings. The third-order valence-electron chi connectivity index (χ3n) is 4.86. The summed E-state index contributed by atoms with van der Waals surface area (Å²) in [4.78, 5) is 27.2.